The Morgan fingerprint density at radius 2 is 2.26 bits per heavy atom. The van der Waals surface area contributed by atoms with E-state index in [4.69, 9.17) is 21.1 Å². The molecule has 124 valence electrons. The highest BCUT2D eigenvalue weighted by molar-refractivity contribution is 6.30. The van der Waals surface area contributed by atoms with Crippen LogP contribution in [0.2, 0.25) is 5.02 Å². The molecule has 0 amide bonds. The van der Waals surface area contributed by atoms with Crippen molar-refractivity contribution < 1.29 is 14.6 Å². The number of nitrogens with one attached hydrogen (secondary N) is 1. The fourth-order valence-electron chi connectivity index (χ4n) is 2.53. The number of H-pyrrole nitrogens is 1. The molecule has 2 atom stereocenters. The number of halogens is 1. The minimum Gasteiger partial charge on any atom is -0.491 e. The monoisotopic (exact) mass is 338 g/mol. The Kier molecular flexibility index (Phi) is 5.45. The molecule has 1 aliphatic rings. The predicted molar refractivity (Wildman–Crippen MR) is 84.5 cm³/mol. The van der Waals surface area contributed by atoms with Gasteiger partial charge < -0.3 is 14.6 Å². The average Bonchev–Trinajstić information content (AvgIpc) is 3.09. The number of ether oxygens (including phenoxy) is 2. The molecule has 23 heavy (non-hydrogen) atoms. The van der Waals surface area contributed by atoms with Crippen LogP contribution in [0.1, 0.15) is 11.9 Å². The van der Waals surface area contributed by atoms with Gasteiger partial charge in [0.15, 0.2) is 0 Å². The molecular formula is C15H19ClN4O3. The maximum atomic E-state index is 10.3. The quantitative estimate of drug-likeness (QED) is 0.825. The predicted octanol–water partition coefficient (Wildman–Crippen LogP) is 1.27. The molecule has 0 saturated carbocycles. The van der Waals surface area contributed by atoms with Gasteiger partial charge in [-0.1, -0.05) is 11.6 Å². The largest absolute Gasteiger partial charge is 0.491 e. The van der Waals surface area contributed by atoms with Crippen molar-refractivity contribution in [3.8, 4) is 5.75 Å². The second-order valence-electron chi connectivity index (χ2n) is 5.38. The van der Waals surface area contributed by atoms with E-state index >= 15 is 0 Å². The number of hydrogen-bond acceptors (Lipinski definition) is 6. The number of hydrogen-bond donors (Lipinski definition) is 2. The van der Waals surface area contributed by atoms with Crippen LogP contribution in [0, 0.1) is 0 Å². The fraction of sp³-hybridized carbons (Fsp3) is 0.467. The van der Waals surface area contributed by atoms with Crippen molar-refractivity contribution in [2.75, 3.05) is 32.9 Å². The molecule has 0 aliphatic carbocycles. The summed E-state index contributed by atoms with van der Waals surface area (Å²) < 4.78 is 11.1. The van der Waals surface area contributed by atoms with E-state index in [9.17, 15) is 5.11 Å². The molecule has 1 fully saturated rings. The molecule has 2 N–H and O–H groups in total. The van der Waals surface area contributed by atoms with Crippen LogP contribution in [-0.2, 0) is 4.74 Å². The highest BCUT2D eigenvalue weighted by Crippen LogP contribution is 2.21. The molecule has 1 aliphatic heterocycles. The third-order valence-electron chi connectivity index (χ3n) is 3.69. The molecule has 1 aromatic carbocycles. The lowest BCUT2D eigenvalue weighted by Gasteiger charge is -2.35. The van der Waals surface area contributed by atoms with E-state index < -0.39 is 6.10 Å². The van der Waals surface area contributed by atoms with Crippen LogP contribution in [0.3, 0.4) is 0 Å². The summed E-state index contributed by atoms with van der Waals surface area (Å²) in [6.45, 7) is 2.57. The molecule has 2 heterocycles. The average molecular weight is 339 g/mol. The van der Waals surface area contributed by atoms with Gasteiger partial charge in [0.25, 0.3) is 0 Å². The Morgan fingerprint density at radius 3 is 3.00 bits per heavy atom. The zero-order valence-electron chi connectivity index (χ0n) is 12.6. The van der Waals surface area contributed by atoms with Gasteiger partial charge in [0.1, 0.15) is 30.6 Å². The van der Waals surface area contributed by atoms with E-state index in [1.165, 1.54) is 6.33 Å². The SMILES string of the molecule is OC(COc1ccc(Cl)cc1)CN1CCOCC1c1ncn[nH]1. The van der Waals surface area contributed by atoms with Crippen LogP contribution in [0.5, 0.6) is 5.75 Å². The molecule has 3 rings (SSSR count). The Bertz CT molecular complexity index is 593. The van der Waals surface area contributed by atoms with E-state index in [0.717, 1.165) is 12.4 Å². The molecule has 1 saturated heterocycles. The number of benzene rings is 1. The Balaban J connectivity index is 1.53. The third-order valence-corrected chi connectivity index (χ3v) is 3.94. The highest BCUT2D eigenvalue weighted by Gasteiger charge is 2.28. The molecule has 0 radical (unpaired) electrons. The number of aliphatic hydroxyl groups excluding tert-OH is 1. The van der Waals surface area contributed by atoms with Gasteiger partial charge in [0.05, 0.1) is 19.3 Å². The third kappa shape index (κ3) is 4.42. The fourth-order valence-corrected chi connectivity index (χ4v) is 2.66. The topological polar surface area (TPSA) is 83.5 Å². The van der Waals surface area contributed by atoms with Crippen molar-refractivity contribution in [2.24, 2.45) is 0 Å². The minimum atomic E-state index is -0.616. The van der Waals surface area contributed by atoms with Gasteiger partial charge in [-0.05, 0) is 24.3 Å². The number of aromatic nitrogens is 3. The summed E-state index contributed by atoms with van der Waals surface area (Å²) in [6.07, 6.45) is 0.858. The summed E-state index contributed by atoms with van der Waals surface area (Å²) in [6, 6.07) is 7.04. The van der Waals surface area contributed by atoms with Crippen molar-refractivity contribution in [3.63, 3.8) is 0 Å². The zero-order chi connectivity index (χ0) is 16.1. The van der Waals surface area contributed by atoms with Crippen molar-refractivity contribution in [3.05, 3.63) is 41.4 Å². The van der Waals surface area contributed by atoms with E-state index in [0.29, 0.717) is 30.5 Å². The molecule has 7 nitrogen and oxygen atoms in total. The molecule has 1 aromatic heterocycles. The van der Waals surface area contributed by atoms with Crippen molar-refractivity contribution in [2.45, 2.75) is 12.1 Å². The maximum Gasteiger partial charge on any atom is 0.143 e. The highest BCUT2D eigenvalue weighted by atomic mass is 35.5. The summed E-state index contributed by atoms with van der Waals surface area (Å²) in [5.41, 5.74) is 0. The van der Waals surface area contributed by atoms with Gasteiger partial charge >= 0.3 is 0 Å². The molecule has 8 heteroatoms. The van der Waals surface area contributed by atoms with Crippen LogP contribution in [0.15, 0.2) is 30.6 Å². The lowest BCUT2D eigenvalue weighted by atomic mass is 10.2. The lowest BCUT2D eigenvalue weighted by Crippen LogP contribution is -2.45. The van der Waals surface area contributed by atoms with Gasteiger partial charge in [-0.2, -0.15) is 5.10 Å². The molecule has 0 spiro atoms. The van der Waals surface area contributed by atoms with Crippen molar-refractivity contribution in [1.82, 2.24) is 20.1 Å². The summed E-state index contributed by atoms with van der Waals surface area (Å²) in [5.74, 6) is 1.43. The number of aliphatic hydroxyl groups is 1. The number of morpholine rings is 1. The van der Waals surface area contributed by atoms with Gasteiger partial charge in [-0.15, -0.1) is 0 Å². The summed E-state index contributed by atoms with van der Waals surface area (Å²) in [4.78, 5) is 6.31. The van der Waals surface area contributed by atoms with Crippen LogP contribution < -0.4 is 4.74 Å². The van der Waals surface area contributed by atoms with Crippen LogP contribution in [-0.4, -0.2) is 64.2 Å². The first-order valence-corrected chi connectivity index (χ1v) is 7.83. The number of aromatic amines is 1. The Hall–Kier alpha value is -1.67. The van der Waals surface area contributed by atoms with Crippen molar-refractivity contribution >= 4 is 11.6 Å². The maximum absolute atomic E-state index is 10.3. The lowest BCUT2D eigenvalue weighted by molar-refractivity contribution is -0.0361. The van der Waals surface area contributed by atoms with Gasteiger partial charge in [0, 0.05) is 18.1 Å². The first kappa shape index (κ1) is 16.2. The first-order chi connectivity index (χ1) is 11.2. The van der Waals surface area contributed by atoms with Crippen LogP contribution >= 0.6 is 11.6 Å². The van der Waals surface area contributed by atoms with Gasteiger partial charge in [-0.3, -0.25) is 10.00 Å². The second-order valence-corrected chi connectivity index (χ2v) is 5.81. The van der Waals surface area contributed by atoms with E-state index in [2.05, 4.69) is 20.1 Å². The molecular weight excluding hydrogens is 320 g/mol. The standard InChI is InChI=1S/C15H19ClN4O3/c16-11-1-3-13(4-2-11)23-8-12(21)7-20-5-6-22-9-14(20)15-17-10-18-19-15/h1-4,10,12,14,21H,5-9H2,(H,17,18,19). The van der Waals surface area contributed by atoms with E-state index in [1.54, 1.807) is 24.3 Å². The molecule has 0 bridgehead atoms. The molecule has 2 aromatic rings. The van der Waals surface area contributed by atoms with Crippen LogP contribution in [0.25, 0.3) is 0 Å². The van der Waals surface area contributed by atoms with E-state index in [-0.39, 0.29) is 12.6 Å². The summed E-state index contributed by atoms with van der Waals surface area (Å²) in [5, 5.41) is 17.6. The summed E-state index contributed by atoms with van der Waals surface area (Å²) >= 11 is 5.83. The summed E-state index contributed by atoms with van der Waals surface area (Å²) in [7, 11) is 0. The normalized spacial score (nSPS) is 20.3. The van der Waals surface area contributed by atoms with Crippen molar-refractivity contribution in [1.29, 1.82) is 0 Å². The first-order valence-electron chi connectivity index (χ1n) is 7.46. The number of β-amino-alcohol motifs (C(OH)–C–C–N with tert-alkyl or cyclic N) is 1. The zero-order valence-corrected chi connectivity index (χ0v) is 13.3. The Labute approximate surface area is 139 Å². The van der Waals surface area contributed by atoms with Gasteiger partial charge in [-0.25, -0.2) is 4.98 Å². The van der Waals surface area contributed by atoms with Gasteiger partial charge in [0.2, 0.25) is 0 Å². The van der Waals surface area contributed by atoms with Crippen LogP contribution in [0.4, 0.5) is 0 Å². The smallest absolute Gasteiger partial charge is 0.143 e. The number of rotatable bonds is 6. The minimum absolute atomic E-state index is 0.0311. The number of nitrogens with zero attached hydrogens (tertiary/aromatic N) is 3. The van der Waals surface area contributed by atoms with E-state index in [1.807, 2.05) is 0 Å². The Morgan fingerprint density at radius 1 is 1.43 bits per heavy atom. The molecule has 2 unspecified atom stereocenters. The second kappa shape index (κ2) is 7.74.